The minimum atomic E-state index is -0.198. The topological polar surface area (TPSA) is 26.3 Å². The zero-order chi connectivity index (χ0) is 17.6. The summed E-state index contributed by atoms with van der Waals surface area (Å²) in [6, 6.07) is 10.0. The molecule has 2 atom stereocenters. The van der Waals surface area contributed by atoms with Gasteiger partial charge in [-0.25, -0.2) is 0 Å². The third-order valence-corrected chi connectivity index (χ3v) is 4.12. The van der Waals surface area contributed by atoms with Crippen LogP contribution in [0.3, 0.4) is 0 Å². The summed E-state index contributed by atoms with van der Waals surface area (Å²) >= 11 is 0. The van der Waals surface area contributed by atoms with Gasteiger partial charge in [0.2, 0.25) is 0 Å². The van der Waals surface area contributed by atoms with Crippen LogP contribution in [0.1, 0.15) is 64.9 Å². The molecule has 0 amide bonds. The van der Waals surface area contributed by atoms with E-state index in [2.05, 4.69) is 18.8 Å². The number of ketones is 1. The number of ether oxygens (including phenoxy) is 1. The van der Waals surface area contributed by atoms with Crippen LogP contribution >= 0.6 is 0 Å². The molecule has 0 saturated heterocycles. The van der Waals surface area contributed by atoms with Crippen molar-refractivity contribution >= 4 is 5.78 Å². The number of rotatable bonds is 11. The van der Waals surface area contributed by atoms with E-state index in [0.717, 1.165) is 18.4 Å². The first-order chi connectivity index (χ1) is 11.6. The van der Waals surface area contributed by atoms with E-state index >= 15 is 0 Å². The van der Waals surface area contributed by atoms with Crippen molar-refractivity contribution in [2.45, 2.75) is 65.9 Å². The predicted molar refractivity (Wildman–Crippen MR) is 101 cm³/mol. The third kappa shape index (κ3) is 8.89. The molecule has 2 heteroatoms. The van der Waals surface area contributed by atoms with E-state index in [-0.39, 0.29) is 17.6 Å². The van der Waals surface area contributed by atoms with E-state index in [9.17, 15) is 4.79 Å². The second-order valence-electron chi connectivity index (χ2n) is 6.51. The van der Waals surface area contributed by atoms with Gasteiger partial charge in [0.15, 0.2) is 5.78 Å². The molecule has 0 aliphatic rings. The summed E-state index contributed by atoms with van der Waals surface area (Å²) in [4.78, 5) is 12.3. The summed E-state index contributed by atoms with van der Waals surface area (Å²) in [6.07, 6.45) is 7.16. The Kier molecular flexibility index (Phi) is 10.9. The standard InChI is InChI=1S/C22H32O2/c1-4-5-6-7-8-9-11-14-19(2)22(23)20(3)17-24-18-21-15-12-10-13-16-21/h10,12-13,15-16,19-20H,4-9,17-18H2,1-3H3/t19-,20+/m1/s1. The van der Waals surface area contributed by atoms with Gasteiger partial charge in [-0.15, -0.1) is 5.92 Å². The van der Waals surface area contributed by atoms with Gasteiger partial charge in [0.05, 0.1) is 19.1 Å². The molecule has 1 aromatic rings. The number of carbonyl (C=O) groups is 1. The number of unbranched alkanes of at least 4 members (excludes halogenated alkanes) is 5. The molecule has 0 radical (unpaired) electrons. The van der Waals surface area contributed by atoms with Crippen molar-refractivity contribution in [2.24, 2.45) is 11.8 Å². The lowest BCUT2D eigenvalue weighted by atomic mass is 9.96. The second kappa shape index (κ2) is 12.8. The van der Waals surface area contributed by atoms with Gasteiger partial charge in [0.1, 0.15) is 0 Å². The lowest BCUT2D eigenvalue weighted by molar-refractivity contribution is -0.126. The number of hydrogen-bond acceptors (Lipinski definition) is 2. The number of Topliss-reactive ketones (excluding diaryl/α,β-unsaturated/α-hetero) is 1. The van der Waals surface area contributed by atoms with Gasteiger partial charge in [-0.1, -0.05) is 75.8 Å². The molecule has 0 bridgehead atoms. The zero-order valence-corrected chi connectivity index (χ0v) is 15.5. The highest BCUT2D eigenvalue weighted by atomic mass is 16.5. The highest BCUT2D eigenvalue weighted by molar-refractivity contribution is 5.85. The SMILES string of the molecule is CCCCCCCC#C[C@@H](C)C(=O)[C@@H](C)COCc1ccccc1. The average Bonchev–Trinajstić information content (AvgIpc) is 2.61. The zero-order valence-electron chi connectivity index (χ0n) is 15.5. The fourth-order valence-corrected chi connectivity index (χ4v) is 2.55. The van der Waals surface area contributed by atoms with Crippen molar-refractivity contribution in [3.8, 4) is 11.8 Å². The van der Waals surface area contributed by atoms with Crippen LogP contribution in [0.4, 0.5) is 0 Å². The molecule has 0 heterocycles. The van der Waals surface area contributed by atoms with Crippen LogP contribution in [0.15, 0.2) is 30.3 Å². The first-order valence-electron chi connectivity index (χ1n) is 9.29. The minimum Gasteiger partial charge on any atom is -0.376 e. The van der Waals surface area contributed by atoms with E-state index in [1.165, 1.54) is 25.7 Å². The fourth-order valence-electron chi connectivity index (χ4n) is 2.55. The third-order valence-electron chi connectivity index (χ3n) is 4.12. The Morgan fingerprint density at radius 3 is 2.50 bits per heavy atom. The molecule has 132 valence electrons. The Labute approximate surface area is 148 Å². The van der Waals surface area contributed by atoms with Gasteiger partial charge in [-0.3, -0.25) is 4.79 Å². The van der Waals surface area contributed by atoms with Crippen LogP contribution < -0.4 is 0 Å². The molecule has 0 unspecified atom stereocenters. The summed E-state index contributed by atoms with van der Waals surface area (Å²) in [6.45, 7) is 7.06. The Morgan fingerprint density at radius 1 is 1.08 bits per heavy atom. The lowest BCUT2D eigenvalue weighted by Gasteiger charge is -2.13. The van der Waals surface area contributed by atoms with E-state index in [1.54, 1.807) is 0 Å². The monoisotopic (exact) mass is 328 g/mol. The molecule has 0 saturated carbocycles. The maximum absolute atomic E-state index is 12.3. The second-order valence-corrected chi connectivity index (χ2v) is 6.51. The van der Waals surface area contributed by atoms with Crippen molar-refractivity contribution in [3.63, 3.8) is 0 Å². The lowest BCUT2D eigenvalue weighted by Crippen LogP contribution is -2.22. The quantitative estimate of drug-likeness (QED) is 0.401. The van der Waals surface area contributed by atoms with Crippen LogP contribution in [-0.2, 0) is 16.1 Å². The molecular weight excluding hydrogens is 296 g/mol. The highest BCUT2D eigenvalue weighted by Crippen LogP contribution is 2.10. The van der Waals surface area contributed by atoms with Gasteiger partial charge in [-0.2, -0.15) is 0 Å². The molecule has 0 aliphatic heterocycles. The van der Waals surface area contributed by atoms with E-state index in [1.807, 2.05) is 44.2 Å². The molecule has 1 aromatic carbocycles. The Morgan fingerprint density at radius 2 is 1.79 bits per heavy atom. The smallest absolute Gasteiger partial charge is 0.152 e. The van der Waals surface area contributed by atoms with E-state index in [0.29, 0.717) is 13.2 Å². The van der Waals surface area contributed by atoms with E-state index in [4.69, 9.17) is 4.74 Å². The molecular formula is C22H32O2. The minimum absolute atomic E-state index is 0.109. The van der Waals surface area contributed by atoms with Crippen LogP contribution in [-0.4, -0.2) is 12.4 Å². The molecule has 2 nitrogen and oxygen atoms in total. The molecule has 0 spiro atoms. The molecule has 24 heavy (non-hydrogen) atoms. The Bertz CT molecular complexity index is 510. The predicted octanol–water partition coefficient (Wildman–Crippen LogP) is 5.41. The average molecular weight is 328 g/mol. The maximum atomic E-state index is 12.3. The van der Waals surface area contributed by atoms with Gasteiger partial charge >= 0.3 is 0 Å². The summed E-state index contributed by atoms with van der Waals surface area (Å²) in [7, 11) is 0. The molecule has 0 N–H and O–H groups in total. The highest BCUT2D eigenvalue weighted by Gasteiger charge is 2.18. The first-order valence-corrected chi connectivity index (χ1v) is 9.29. The molecule has 0 aromatic heterocycles. The van der Waals surface area contributed by atoms with Crippen LogP contribution in [0.2, 0.25) is 0 Å². The van der Waals surface area contributed by atoms with E-state index < -0.39 is 0 Å². The Hall–Kier alpha value is -1.59. The summed E-state index contributed by atoms with van der Waals surface area (Å²) < 4.78 is 5.66. The molecule has 1 rings (SSSR count). The van der Waals surface area contributed by atoms with Crippen molar-refractivity contribution < 1.29 is 9.53 Å². The largest absolute Gasteiger partial charge is 0.376 e. The van der Waals surface area contributed by atoms with Gasteiger partial charge in [0.25, 0.3) is 0 Å². The number of benzene rings is 1. The van der Waals surface area contributed by atoms with Crippen molar-refractivity contribution in [1.29, 1.82) is 0 Å². The molecule has 0 aliphatic carbocycles. The summed E-state index contributed by atoms with van der Waals surface area (Å²) in [5, 5.41) is 0. The van der Waals surface area contributed by atoms with Gasteiger partial charge in [-0.05, 0) is 18.9 Å². The van der Waals surface area contributed by atoms with Crippen LogP contribution in [0, 0.1) is 23.7 Å². The molecule has 0 fully saturated rings. The summed E-state index contributed by atoms with van der Waals surface area (Å²) in [5.41, 5.74) is 1.13. The van der Waals surface area contributed by atoms with Crippen LogP contribution in [0.5, 0.6) is 0 Å². The normalized spacial score (nSPS) is 13.0. The number of hydrogen-bond donors (Lipinski definition) is 0. The van der Waals surface area contributed by atoms with Crippen molar-refractivity contribution in [1.82, 2.24) is 0 Å². The first kappa shape index (κ1) is 20.5. The maximum Gasteiger partial charge on any atom is 0.152 e. The fraction of sp³-hybridized carbons (Fsp3) is 0.591. The van der Waals surface area contributed by atoms with Gasteiger partial charge < -0.3 is 4.74 Å². The van der Waals surface area contributed by atoms with Crippen molar-refractivity contribution in [3.05, 3.63) is 35.9 Å². The van der Waals surface area contributed by atoms with Gasteiger partial charge in [0, 0.05) is 12.3 Å². The summed E-state index contributed by atoms with van der Waals surface area (Å²) in [5.74, 6) is 6.15. The van der Waals surface area contributed by atoms with Crippen molar-refractivity contribution in [2.75, 3.05) is 6.61 Å². The number of carbonyl (C=O) groups excluding carboxylic acids is 1. The van der Waals surface area contributed by atoms with Crippen LogP contribution in [0.25, 0.3) is 0 Å². The Balaban J connectivity index is 2.21.